The number of carbonyl (C=O) groups excluding carboxylic acids is 2. The second kappa shape index (κ2) is 10.8. The molecule has 2 amide bonds. The Morgan fingerprint density at radius 2 is 1.57 bits per heavy atom. The number of anilines is 1. The largest absolute Gasteiger partial charge is 0.329 e. The standard InChI is InChI=1S/C27H21N7O2S/c1-18-12-14-19(15-13-18)23-21(17-34(33-23)22-10-6-3-7-11-22)16-28-30-25(36)24(35)29-27-32-31-26(37-27)20-8-4-2-5-9-20/h2-17H,1H3,(H,30,36)(H,29,32,35)/b28-16-. The highest BCUT2D eigenvalue weighted by Crippen LogP contribution is 2.26. The molecule has 2 heterocycles. The van der Waals surface area contributed by atoms with Gasteiger partial charge in [-0.25, -0.2) is 10.1 Å². The lowest BCUT2D eigenvalue weighted by molar-refractivity contribution is -0.136. The van der Waals surface area contributed by atoms with E-state index in [1.54, 1.807) is 4.68 Å². The molecular weight excluding hydrogens is 486 g/mol. The van der Waals surface area contributed by atoms with E-state index in [1.165, 1.54) is 17.6 Å². The number of aromatic nitrogens is 4. The normalized spacial score (nSPS) is 10.9. The smallest absolute Gasteiger partial charge is 0.292 e. The van der Waals surface area contributed by atoms with E-state index in [0.29, 0.717) is 16.3 Å². The Bertz CT molecular complexity index is 1560. The first kappa shape index (κ1) is 23.8. The maximum atomic E-state index is 12.3. The van der Waals surface area contributed by atoms with Crippen LogP contribution in [0.4, 0.5) is 5.13 Å². The molecule has 9 nitrogen and oxygen atoms in total. The number of hydrogen-bond donors (Lipinski definition) is 2. The topological polar surface area (TPSA) is 114 Å². The third-order valence-electron chi connectivity index (χ3n) is 5.33. The Morgan fingerprint density at radius 1 is 0.865 bits per heavy atom. The van der Waals surface area contributed by atoms with E-state index in [2.05, 4.69) is 26.0 Å². The number of amides is 2. The molecule has 0 spiro atoms. The van der Waals surface area contributed by atoms with Gasteiger partial charge in [0.15, 0.2) is 0 Å². The lowest BCUT2D eigenvalue weighted by atomic mass is 10.1. The minimum absolute atomic E-state index is 0.216. The molecule has 0 aliphatic heterocycles. The lowest BCUT2D eigenvalue weighted by Crippen LogP contribution is -2.32. The molecule has 0 unspecified atom stereocenters. The molecule has 182 valence electrons. The summed E-state index contributed by atoms with van der Waals surface area (Å²) in [7, 11) is 0. The molecule has 0 aliphatic carbocycles. The van der Waals surface area contributed by atoms with E-state index in [9.17, 15) is 9.59 Å². The molecule has 3 aromatic carbocycles. The quantitative estimate of drug-likeness (QED) is 0.200. The van der Waals surface area contributed by atoms with Gasteiger partial charge in [-0.15, -0.1) is 10.2 Å². The molecule has 0 bridgehead atoms. The molecule has 5 aromatic rings. The van der Waals surface area contributed by atoms with Gasteiger partial charge in [0.25, 0.3) is 0 Å². The van der Waals surface area contributed by atoms with E-state index in [4.69, 9.17) is 5.10 Å². The summed E-state index contributed by atoms with van der Waals surface area (Å²) in [6, 6.07) is 27.1. The summed E-state index contributed by atoms with van der Waals surface area (Å²) in [4.78, 5) is 24.7. The van der Waals surface area contributed by atoms with E-state index in [-0.39, 0.29) is 5.13 Å². The van der Waals surface area contributed by atoms with Gasteiger partial charge >= 0.3 is 11.8 Å². The number of rotatable bonds is 6. The number of nitrogens with one attached hydrogen (secondary N) is 2. The molecule has 0 saturated heterocycles. The number of para-hydroxylation sites is 1. The fourth-order valence-corrected chi connectivity index (χ4v) is 4.21. The predicted octanol–water partition coefficient (Wildman–Crippen LogP) is 4.46. The van der Waals surface area contributed by atoms with Crippen molar-refractivity contribution in [2.24, 2.45) is 5.10 Å². The third-order valence-corrected chi connectivity index (χ3v) is 6.22. The number of aryl methyl sites for hydroxylation is 1. The van der Waals surface area contributed by atoms with Crippen LogP contribution in [-0.2, 0) is 9.59 Å². The monoisotopic (exact) mass is 507 g/mol. The number of hydrogen-bond acceptors (Lipinski definition) is 7. The summed E-state index contributed by atoms with van der Waals surface area (Å²) in [6.07, 6.45) is 3.28. The minimum Gasteiger partial charge on any atom is -0.292 e. The first-order valence-electron chi connectivity index (χ1n) is 11.3. The molecule has 0 radical (unpaired) electrons. The van der Waals surface area contributed by atoms with Crippen molar-refractivity contribution in [1.29, 1.82) is 0 Å². The zero-order valence-corrected chi connectivity index (χ0v) is 20.5. The number of nitrogens with zero attached hydrogens (tertiary/aromatic N) is 5. The predicted molar refractivity (Wildman–Crippen MR) is 143 cm³/mol. The Kier molecular flexibility index (Phi) is 6.91. The lowest BCUT2D eigenvalue weighted by Gasteiger charge is -2.01. The van der Waals surface area contributed by atoms with Crippen LogP contribution in [0.5, 0.6) is 0 Å². The van der Waals surface area contributed by atoms with E-state index >= 15 is 0 Å². The molecule has 37 heavy (non-hydrogen) atoms. The van der Waals surface area contributed by atoms with Gasteiger partial charge in [0.2, 0.25) is 5.13 Å². The highest BCUT2D eigenvalue weighted by molar-refractivity contribution is 7.18. The average molecular weight is 508 g/mol. The number of benzene rings is 3. The highest BCUT2D eigenvalue weighted by atomic mass is 32.1. The van der Waals surface area contributed by atoms with Crippen LogP contribution in [-0.4, -0.2) is 38.0 Å². The van der Waals surface area contributed by atoms with Gasteiger partial charge in [0, 0.05) is 22.9 Å². The fraction of sp³-hybridized carbons (Fsp3) is 0.0370. The van der Waals surface area contributed by atoms with Crippen LogP contribution in [0.2, 0.25) is 0 Å². The molecule has 0 saturated carbocycles. The van der Waals surface area contributed by atoms with Crippen molar-refractivity contribution >= 4 is 34.5 Å². The third kappa shape index (κ3) is 5.65. The van der Waals surface area contributed by atoms with Gasteiger partial charge in [-0.3, -0.25) is 14.9 Å². The van der Waals surface area contributed by atoms with Gasteiger partial charge in [-0.2, -0.15) is 10.2 Å². The van der Waals surface area contributed by atoms with Gasteiger partial charge in [-0.1, -0.05) is 89.7 Å². The Labute approximate surface area is 216 Å². The van der Waals surface area contributed by atoms with E-state index in [1.807, 2.05) is 98.0 Å². The highest BCUT2D eigenvalue weighted by Gasteiger charge is 2.17. The van der Waals surface area contributed by atoms with Gasteiger partial charge in [0.1, 0.15) is 10.7 Å². The van der Waals surface area contributed by atoms with E-state index in [0.717, 1.165) is 22.4 Å². The van der Waals surface area contributed by atoms with Crippen molar-refractivity contribution in [3.8, 4) is 27.5 Å². The molecular formula is C27H21N7O2S. The second-order valence-electron chi connectivity index (χ2n) is 8.01. The average Bonchev–Trinajstić information content (AvgIpc) is 3.58. The maximum Gasteiger partial charge on any atom is 0.329 e. The second-order valence-corrected chi connectivity index (χ2v) is 8.99. The van der Waals surface area contributed by atoms with Crippen molar-refractivity contribution in [2.45, 2.75) is 6.92 Å². The summed E-state index contributed by atoms with van der Waals surface area (Å²) in [5.41, 5.74) is 7.40. The van der Waals surface area contributed by atoms with Crippen molar-refractivity contribution in [3.63, 3.8) is 0 Å². The van der Waals surface area contributed by atoms with Crippen LogP contribution in [0.3, 0.4) is 0 Å². The summed E-state index contributed by atoms with van der Waals surface area (Å²) in [5, 5.41) is 20.0. The van der Waals surface area contributed by atoms with Gasteiger partial charge in [-0.05, 0) is 19.1 Å². The molecule has 5 rings (SSSR count). The zero-order valence-electron chi connectivity index (χ0n) is 19.7. The van der Waals surface area contributed by atoms with Crippen LogP contribution in [0.15, 0.2) is 96.2 Å². The number of carbonyl (C=O) groups is 2. The molecule has 2 N–H and O–H groups in total. The Balaban J connectivity index is 1.29. The minimum atomic E-state index is -0.931. The molecule has 0 atom stereocenters. The van der Waals surface area contributed by atoms with Crippen molar-refractivity contribution in [3.05, 3.63) is 102 Å². The van der Waals surface area contributed by atoms with Crippen molar-refractivity contribution in [1.82, 2.24) is 25.4 Å². The first-order chi connectivity index (χ1) is 18.1. The van der Waals surface area contributed by atoms with Crippen molar-refractivity contribution in [2.75, 3.05) is 5.32 Å². The summed E-state index contributed by atoms with van der Waals surface area (Å²) < 4.78 is 1.74. The van der Waals surface area contributed by atoms with Crippen LogP contribution in [0.25, 0.3) is 27.5 Å². The van der Waals surface area contributed by atoms with Crippen molar-refractivity contribution < 1.29 is 9.59 Å². The Morgan fingerprint density at radius 3 is 2.30 bits per heavy atom. The van der Waals surface area contributed by atoms with Crippen LogP contribution in [0.1, 0.15) is 11.1 Å². The maximum absolute atomic E-state index is 12.3. The SMILES string of the molecule is Cc1ccc(-c2nn(-c3ccccc3)cc2/C=N\NC(=O)C(=O)Nc2nnc(-c3ccccc3)s2)cc1. The summed E-state index contributed by atoms with van der Waals surface area (Å²) >= 11 is 1.17. The Hall–Kier alpha value is -4.96. The van der Waals surface area contributed by atoms with E-state index < -0.39 is 11.8 Å². The van der Waals surface area contributed by atoms with Gasteiger partial charge < -0.3 is 0 Å². The molecule has 0 fully saturated rings. The number of hydrazone groups is 1. The van der Waals surface area contributed by atoms with Gasteiger partial charge in [0.05, 0.1) is 11.9 Å². The zero-order chi connectivity index (χ0) is 25.6. The first-order valence-corrected chi connectivity index (χ1v) is 12.1. The molecule has 0 aliphatic rings. The molecule has 2 aromatic heterocycles. The molecule has 10 heteroatoms. The summed E-state index contributed by atoms with van der Waals surface area (Å²) in [5.74, 6) is -1.83. The fourth-order valence-electron chi connectivity index (χ4n) is 3.47. The van der Waals surface area contributed by atoms with Crippen LogP contribution < -0.4 is 10.7 Å². The van der Waals surface area contributed by atoms with Crippen LogP contribution >= 0.6 is 11.3 Å². The van der Waals surface area contributed by atoms with Crippen LogP contribution in [0, 0.1) is 6.92 Å². The summed E-state index contributed by atoms with van der Waals surface area (Å²) in [6.45, 7) is 2.01.